The third kappa shape index (κ3) is 11.2. The minimum Gasteiger partial charge on any atom is -0.370 e. The molecule has 0 radical (unpaired) electrons. The van der Waals surface area contributed by atoms with Crippen LogP contribution < -0.4 is 0 Å². The number of methoxy groups -OCH3 is 1. The molecule has 3 fully saturated rings. The molecule has 0 amide bonds. The van der Waals surface area contributed by atoms with E-state index in [2.05, 4.69) is 0 Å². The molecule has 3 aliphatic rings. The van der Waals surface area contributed by atoms with E-state index in [0.29, 0.717) is 5.44 Å². The van der Waals surface area contributed by atoms with Crippen molar-refractivity contribution in [2.24, 2.45) is 0 Å². The lowest BCUT2D eigenvalue weighted by atomic mass is 10.6. The molecule has 78 valence electrons. The predicted octanol–water partition coefficient (Wildman–Crippen LogP) is 2.78. The largest absolute Gasteiger partial charge is 0.370 e. The first-order valence-corrected chi connectivity index (χ1v) is 8.05. The van der Waals surface area contributed by atoms with Gasteiger partial charge in [-0.2, -0.15) is 23.5 Å². The second-order valence-corrected chi connectivity index (χ2v) is 6.78. The van der Waals surface area contributed by atoms with Crippen LogP contribution >= 0.6 is 46.9 Å². The summed E-state index contributed by atoms with van der Waals surface area (Å²) in [5.41, 5.74) is 0.551. The molecule has 0 bridgehead atoms. The molecule has 3 aliphatic heterocycles. The molecular formula is C8H15ClOS3. The zero-order valence-electron chi connectivity index (χ0n) is 7.70. The van der Waals surface area contributed by atoms with Gasteiger partial charge in [-0.05, 0) is 0 Å². The minimum atomic E-state index is 0.551. The van der Waals surface area contributed by atoms with Crippen LogP contribution in [-0.4, -0.2) is 46.7 Å². The Kier molecular flexibility index (Phi) is 7.21. The first kappa shape index (κ1) is 12.4. The van der Waals surface area contributed by atoms with Gasteiger partial charge in [-0.15, -0.1) is 23.4 Å². The van der Waals surface area contributed by atoms with Crippen LogP contribution in [0.4, 0.5) is 0 Å². The number of hydrogen-bond donors (Lipinski definition) is 0. The lowest BCUT2D eigenvalue weighted by Gasteiger charge is -1.78. The van der Waals surface area contributed by atoms with Gasteiger partial charge in [-0.3, -0.25) is 0 Å². The Bertz CT molecular complexity index is 112. The Morgan fingerprint density at radius 3 is 1.85 bits per heavy atom. The van der Waals surface area contributed by atoms with E-state index in [1.165, 1.54) is 23.0 Å². The van der Waals surface area contributed by atoms with Crippen LogP contribution in [0.25, 0.3) is 0 Å². The number of ether oxygens (including phenoxy) is 1. The topological polar surface area (TPSA) is 9.23 Å². The highest BCUT2D eigenvalue weighted by molar-refractivity contribution is 8.07. The maximum absolute atomic E-state index is 5.38. The average Bonchev–Trinajstić information content (AvgIpc) is 3.12. The maximum Gasteiger partial charge on any atom is 0.112 e. The molecule has 0 aromatic heterocycles. The third-order valence-corrected chi connectivity index (χ3v) is 4.08. The molecule has 0 N–H and O–H groups in total. The monoisotopic (exact) mass is 258 g/mol. The molecule has 3 heterocycles. The fourth-order valence-corrected chi connectivity index (χ4v) is 1.53. The first-order chi connectivity index (χ1) is 6.36. The normalized spacial score (nSPS) is 31.8. The maximum atomic E-state index is 5.38. The molecule has 2 unspecified atom stereocenters. The molecule has 0 aromatic carbocycles. The molecule has 3 rings (SSSR count). The van der Waals surface area contributed by atoms with Crippen LogP contribution in [-0.2, 0) is 4.74 Å². The van der Waals surface area contributed by atoms with Gasteiger partial charge < -0.3 is 4.74 Å². The summed E-state index contributed by atoms with van der Waals surface area (Å²) in [7, 11) is 1.74. The van der Waals surface area contributed by atoms with Gasteiger partial charge in [0.1, 0.15) is 5.44 Å². The Hall–Kier alpha value is 1.30. The van der Waals surface area contributed by atoms with Gasteiger partial charge >= 0.3 is 0 Å². The van der Waals surface area contributed by atoms with E-state index < -0.39 is 0 Å². The van der Waals surface area contributed by atoms with Crippen LogP contribution in [0.15, 0.2) is 0 Å². The molecule has 0 saturated carbocycles. The summed E-state index contributed by atoms with van der Waals surface area (Å²) in [4.78, 5) is 0. The standard InChI is InChI=1S/C3H5ClS.C3H6OS.C2H4S/c4-1-3-2-5-3;1-4-3-2-5-3;1-2-3-1/h3H,1-2H2;3H,2H2,1H3;1-2H2. The summed E-state index contributed by atoms with van der Waals surface area (Å²) in [6.45, 7) is 0. The highest BCUT2D eigenvalue weighted by Crippen LogP contribution is 2.30. The van der Waals surface area contributed by atoms with Gasteiger partial charge in [0, 0.05) is 41.3 Å². The van der Waals surface area contributed by atoms with Crippen molar-refractivity contribution in [2.75, 3.05) is 36.0 Å². The number of hydrogen-bond acceptors (Lipinski definition) is 4. The van der Waals surface area contributed by atoms with E-state index in [1.54, 1.807) is 7.11 Å². The Labute approximate surface area is 98.1 Å². The van der Waals surface area contributed by atoms with Crippen LogP contribution in [0.3, 0.4) is 0 Å². The fourth-order valence-electron chi connectivity index (χ4n) is 0.332. The van der Waals surface area contributed by atoms with Crippen molar-refractivity contribution < 1.29 is 4.74 Å². The van der Waals surface area contributed by atoms with Gasteiger partial charge in [0.05, 0.1) is 0 Å². The van der Waals surface area contributed by atoms with Crippen LogP contribution in [0, 0.1) is 0 Å². The van der Waals surface area contributed by atoms with Crippen molar-refractivity contribution in [2.45, 2.75) is 10.7 Å². The van der Waals surface area contributed by atoms with Gasteiger partial charge in [-0.1, -0.05) is 0 Å². The van der Waals surface area contributed by atoms with Crippen molar-refractivity contribution in [1.82, 2.24) is 0 Å². The molecule has 0 aromatic rings. The van der Waals surface area contributed by atoms with Crippen LogP contribution in [0.1, 0.15) is 0 Å². The van der Waals surface area contributed by atoms with E-state index in [9.17, 15) is 0 Å². The van der Waals surface area contributed by atoms with Crippen molar-refractivity contribution in [1.29, 1.82) is 0 Å². The summed E-state index contributed by atoms with van der Waals surface area (Å²) in [6, 6.07) is 0. The Morgan fingerprint density at radius 1 is 1.31 bits per heavy atom. The number of thioether (sulfide) groups is 3. The van der Waals surface area contributed by atoms with E-state index in [0.717, 1.165) is 11.1 Å². The molecule has 5 heteroatoms. The Morgan fingerprint density at radius 2 is 1.85 bits per heavy atom. The van der Waals surface area contributed by atoms with Gasteiger partial charge in [0.15, 0.2) is 0 Å². The number of halogens is 1. The highest BCUT2D eigenvalue weighted by atomic mass is 35.5. The van der Waals surface area contributed by atoms with Crippen molar-refractivity contribution in [3.63, 3.8) is 0 Å². The molecule has 1 nitrogen and oxygen atoms in total. The van der Waals surface area contributed by atoms with E-state index in [4.69, 9.17) is 16.3 Å². The van der Waals surface area contributed by atoms with Crippen molar-refractivity contribution in [3.8, 4) is 0 Å². The van der Waals surface area contributed by atoms with E-state index in [-0.39, 0.29) is 0 Å². The minimum absolute atomic E-state index is 0.551. The zero-order valence-corrected chi connectivity index (χ0v) is 10.9. The first-order valence-electron chi connectivity index (χ1n) is 4.26. The molecule has 13 heavy (non-hydrogen) atoms. The molecule has 0 spiro atoms. The fraction of sp³-hybridized carbons (Fsp3) is 1.00. The second-order valence-electron chi connectivity index (χ2n) is 2.72. The lowest BCUT2D eigenvalue weighted by molar-refractivity contribution is 0.210. The molecular weight excluding hydrogens is 244 g/mol. The summed E-state index contributed by atoms with van der Waals surface area (Å²) >= 11 is 11.2. The summed E-state index contributed by atoms with van der Waals surface area (Å²) < 4.78 is 4.82. The molecule has 0 aliphatic carbocycles. The Balaban J connectivity index is 0.000000101. The summed E-state index contributed by atoms with van der Waals surface area (Å²) in [5, 5.41) is 0.816. The van der Waals surface area contributed by atoms with Crippen molar-refractivity contribution >= 4 is 46.9 Å². The molecule has 3 saturated heterocycles. The predicted molar refractivity (Wildman–Crippen MR) is 67.5 cm³/mol. The summed E-state index contributed by atoms with van der Waals surface area (Å²) in [6.07, 6.45) is 0. The number of alkyl halides is 1. The lowest BCUT2D eigenvalue weighted by Crippen LogP contribution is -1.80. The SMILES string of the molecule is C1CS1.COC1CS1.ClCC1CS1. The van der Waals surface area contributed by atoms with E-state index in [1.807, 2.05) is 35.3 Å². The average molecular weight is 259 g/mol. The number of rotatable bonds is 2. The van der Waals surface area contributed by atoms with E-state index >= 15 is 0 Å². The van der Waals surface area contributed by atoms with Gasteiger partial charge in [0.25, 0.3) is 0 Å². The van der Waals surface area contributed by atoms with Gasteiger partial charge in [-0.25, -0.2) is 0 Å². The summed E-state index contributed by atoms with van der Waals surface area (Å²) in [5.74, 6) is 6.19. The second kappa shape index (κ2) is 7.57. The van der Waals surface area contributed by atoms with Gasteiger partial charge in [0.2, 0.25) is 0 Å². The molecule has 2 atom stereocenters. The van der Waals surface area contributed by atoms with Crippen LogP contribution in [0.2, 0.25) is 0 Å². The smallest absolute Gasteiger partial charge is 0.112 e. The highest BCUT2D eigenvalue weighted by Gasteiger charge is 2.20. The quantitative estimate of drug-likeness (QED) is 0.556. The van der Waals surface area contributed by atoms with Crippen LogP contribution in [0.5, 0.6) is 0 Å². The third-order valence-electron chi connectivity index (χ3n) is 1.34. The zero-order chi connectivity index (χ0) is 9.52. The van der Waals surface area contributed by atoms with Crippen molar-refractivity contribution in [3.05, 3.63) is 0 Å².